The third-order valence-electron chi connectivity index (χ3n) is 14.6. The fraction of sp³-hybridized carbons (Fsp3) is 0.620. The van der Waals surface area contributed by atoms with Crippen molar-refractivity contribution in [1.29, 1.82) is 0 Å². The number of aryl methyl sites for hydroxylation is 1. The van der Waals surface area contributed by atoms with Crippen molar-refractivity contribution in [2.45, 2.75) is 171 Å². The maximum absolute atomic E-state index is 14.2. The number of rotatable bonds is 20. The molecule has 2 saturated heterocycles. The predicted octanol–water partition coefficient (Wildman–Crippen LogP) is 3.30. The van der Waals surface area contributed by atoms with E-state index in [0.29, 0.717) is 37.0 Å². The van der Waals surface area contributed by atoms with Gasteiger partial charge in [-0.3, -0.25) is 14.9 Å². The van der Waals surface area contributed by atoms with E-state index in [0.717, 1.165) is 37.6 Å². The Balaban J connectivity index is 1.02. The van der Waals surface area contributed by atoms with Crippen LogP contribution in [0.1, 0.15) is 94.1 Å². The van der Waals surface area contributed by atoms with Gasteiger partial charge in [0.05, 0.1) is 52.8 Å². The Morgan fingerprint density at radius 1 is 0.889 bits per heavy atom. The maximum atomic E-state index is 14.2. The van der Waals surface area contributed by atoms with E-state index in [4.69, 9.17) is 28.4 Å². The zero-order valence-corrected chi connectivity index (χ0v) is 40.2. The Labute approximate surface area is 414 Å². The first-order chi connectivity index (χ1) is 34.6. The van der Waals surface area contributed by atoms with Gasteiger partial charge in [0.1, 0.15) is 49.1 Å². The number of benzene rings is 2. The number of fused-ring (bicyclic) bond motifs is 1. The van der Waals surface area contributed by atoms with Crippen LogP contribution in [0.5, 0.6) is 0 Å². The molecule has 6 unspecified atom stereocenters. The summed E-state index contributed by atoms with van der Waals surface area (Å²) in [7, 11) is 0. The van der Waals surface area contributed by atoms with Crippen LogP contribution in [-0.4, -0.2) is 159 Å². The average Bonchev–Trinajstić information content (AvgIpc) is 4.01. The molecule has 0 bridgehead atoms. The summed E-state index contributed by atoms with van der Waals surface area (Å²) >= 11 is 0. The van der Waals surface area contributed by atoms with Gasteiger partial charge in [0, 0.05) is 36.1 Å². The molecule has 22 heteroatoms. The van der Waals surface area contributed by atoms with Crippen LogP contribution in [0.2, 0.25) is 0 Å². The molecule has 2 aliphatic carbocycles. The summed E-state index contributed by atoms with van der Waals surface area (Å²) in [5.41, 5.74) is 1.53. The van der Waals surface area contributed by atoms with Gasteiger partial charge < -0.3 is 63.6 Å². The molecular weight excluding hydrogens is 943 g/mol. The maximum Gasteiger partial charge on any atom is 0.338 e. The molecule has 4 heterocycles. The second-order valence-corrected chi connectivity index (χ2v) is 19.7. The number of carboxylic acids is 1. The second kappa shape index (κ2) is 23.7. The normalized spacial score (nSPS) is 31.8. The lowest BCUT2D eigenvalue weighted by Crippen LogP contribution is -2.64. The highest BCUT2D eigenvalue weighted by Crippen LogP contribution is 2.40. The van der Waals surface area contributed by atoms with Gasteiger partial charge in [-0.15, -0.1) is 5.10 Å². The number of nitrogens with zero attached hydrogens (tertiary/aromatic N) is 5. The molecule has 0 amide bonds. The minimum Gasteiger partial charge on any atom is -0.479 e. The average molecular weight is 1010 g/mol. The molecule has 8 rings (SSSR count). The molecule has 2 aromatic heterocycles. The number of nitro benzene ring substituents is 1. The van der Waals surface area contributed by atoms with Crippen LogP contribution in [0.4, 0.5) is 5.69 Å². The van der Waals surface area contributed by atoms with Gasteiger partial charge in [0.25, 0.3) is 5.69 Å². The van der Waals surface area contributed by atoms with E-state index in [2.05, 4.69) is 10.3 Å². The molecule has 2 saturated carbocycles. The SMILES string of the molecule is CC1O[C@@H](O[C@@H]2C(C)CC(C(=O)CCCc3cn(Cn4ccc5cc([N+](=O)[O-])ccc54)nn3)C[C@H]2O[C@@H]2O[C@@H](CO)[C@H](O)C(O[C@@H](CC3CCCCC3)C(=O)O)C2OC(=O)c2ccccc2)C(O)[C@@H](O)[C@@H]1O. The van der Waals surface area contributed by atoms with Crippen molar-refractivity contribution in [3.63, 3.8) is 0 Å². The largest absolute Gasteiger partial charge is 0.479 e. The molecular formula is C50H65N5O17. The number of esters is 1. The van der Waals surface area contributed by atoms with E-state index in [1.165, 1.54) is 31.2 Å². The summed E-state index contributed by atoms with van der Waals surface area (Å²) in [4.78, 5) is 51.7. The number of ketones is 1. The van der Waals surface area contributed by atoms with Gasteiger partial charge in [-0.25, -0.2) is 14.3 Å². The number of aliphatic hydroxyl groups excluding tert-OH is 5. The Hall–Kier alpha value is -5.27. The van der Waals surface area contributed by atoms with Crippen LogP contribution in [-0.2, 0) is 51.1 Å². The van der Waals surface area contributed by atoms with Crippen molar-refractivity contribution in [3.05, 3.63) is 88.4 Å². The van der Waals surface area contributed by atoms with Crippen LogP contribution in [0.25, 0.3) is 10.9 Å². The standard InChI is InChI=1S/C50H65N5O17/c1-27-20-32(36(57)15-9-14-33-24-54(52-51-33)26-53-19-18-31-22-34(55(65)66)16-17-35(31)53)23-37(44(27)72-49-43(61)42(60)40(58)28(2)67-49)69-50-46(71-48(64)30-12-7-4-8-13-30)45(41(59)39(25-56)70-50)68-38(47(62)63)21-29-10-5-3-6-11-29/h4,7-8,12-13,16-19,22,24,27-29,32,37-46,49-50,56,58-61H,3,5-6,9-11,14-15,20-21,23,25-26H2,1-2H3,(H,62,63)/t27?,28?,32?,37-,38+,39+,40-,41+,42+,43?,44-,45?,46?,49+,50-/m1/s1. The molecule has 0 spiro atoms. The molecule has 22 nitrogen and oxygen atoms in total. The van der Waals surface area contributed by atoms with Crippen molar-refractivity contribution in [1.82, 2.24) is 19.6 Å². The first-order valence-corrected chi connectivity index (χ1v) is 24.8. The predicted molar refractivity (Wildman–Crippen MR) is 251 cm³/mol. The molecule has 4 aromatic rings. The molecule has 4 fully saturated rings. The van der Waals surface area contributed by atoms with Crippen LogP contribution in [0, 0.1) is 27.9 Å². The zero-order valence-electron chi connectivity index (χ0n) is 40.2. The summed E-state index contributed by atoms with van der Waals surface area (Å²) in [6, 6.07) is 14.3. The highest BCUT2D eigenvalue weighted by atomic mass is 16.7. The summed E-state index contributed by atoms with van der Waals surface area (Å²) in [5.74, 6) is -3.38. The number of carbonyl (C=O) groups is 3. The van der Waals surface area contributed by atoms with E-state index < -0.39 is 115 Å². The van der Waals surface area contributed by atoms with Gasteiger partial charge in [-0.2, -0.15) is 0 Å². The first kappa shape index (κ1) is 53.0. The van der Waals surface area contributed by atoms with Crippen molar-refractivity contribution >= 4 is 34.3 Å². The number of non-ortho nitro benzene ring substituents is 1. The summed E-state index contributed by atoms with van der Waals surface area (Å²) in [5, 5.41) is 85.4. The van der Waals surface area contributed by atoms with E-state index in [-0.39, 0.29) is 42.2 Å². The Kier molecular flexibility index (Phi) is 17.5. The zero-order chi connectivity index (χ0) is 51.2. The lowest BCUT2D eigenvalue weighted by Gasteiger charge is -2.48. The number of aliphatic hydroxyl groups is 5. The van der Waals surface area contributed by atoms with Gasteiger partial charge in [0.15, 0.2) is 24.8 Å². The number of Topliss-reactive ketones (excluding diaryl/α,β-unsaturated/α-hetero) is 1. The fourth-order valence-corrected chi connectivity index (χ4v) is 10.6. The summed E-state index contributed by atoms with van der Waals surface area (Å²) in [6.07, 6.45) is -9.31. The smallest absolute Gasteiger partial charge is 0.338 e. The lowest BCUT2D eigenvalue weighted by atomic mass is 9.75. The minimum atomic E-state index is -1.70. The van der Waals surface area contributed by atoms with Crippen molar-refractivity contribution in [2.24, 2.45) is 17.8 Å². The summed E-state index contributed by atoms with van der Waals surface area (Å²) < 4.78 is 41.0. The lowest BCUT2D eigenvalue weighted by molar-refractivity contribution is -0.384. The van der Waals surface area contributed by atoms with Gasteiger partial charge in [-0.1, -0.05) is 62.4 Å². The Morgan fingerprint density at radius 3 is 2.38 bits per heavy atom. The number of aliphatic carboxylic acids is 1. The summed E-state index contributed by atoms with van der Waals surface area (Å²) in [6.45, 7) is 2.83. The van der Waals surface area contributed by atoms with Crippen LogP contribution < -0.4 is 0 Å². The van der Waals surface area contributed by atoms with Gasteiger partial charge >= 0.3 is 11.9 Å². The molecule has 15 atom stereocenters. The molecule has 0 radical (unpaired) electrons. The van der Waals surface area contributed by atoms with Crippen LogP contribution in [0.3, 0.4) is 0 Å². The molecule has 392 valence electrons. The number of carbonyl (C=O) groups excluding carboxylic acids is 2. The quantitative estimate of drug-likeness (QED) is 0.0420. The third kappa shape index (κ3) is 12.4. The van der Waals surface area contributed by atoms with Gasteiger partial charge in [-0.05, 0) is 75.1 Å². The van der Waals surface area contributed by atoms with Crippen molar-refractivity contribution in [2.75, 3.05) is 6.61 Å². The van der Waals surface area contributed by atoms with E-state index in [9.17, 15) is 55.1 Å². The molecule has 72 heavy (non-hydrogen) atoms. The second-order valence-electron chi connectivity index (χ2n) is 19.7. The molecule has 6 N–H and O–H groups in total. The Bertz CT molecular complexity index is 2470. The Morgan fingerprint density at radius 2 is 1.65 bits per heavy atom. The first-order valence-electron chi connectivity index (χ1n) is 24.8. The van der Waals surface area contributed by atoms with Crippen LogP contribution >= 0.6 is 0 Å². The minimum absolute atomic E-state index is 0.00192. The number of carboxylic acid groups (broad SMARTS) is 1. The van der Waals surface area contributed by atoms with E-state index in [1.807, 2.05) is 4.57 Å². The number of hydrogen-bond acceptors (Lipinski definition) is 18. The van der Waals surface area contributed by atoms with Crippen LogP contribution in [0.15, 0.2) is 67.0 Å². The molecule has 2 aliphatic heterocycles. The highest BCUT2D eigenvalue weighted by molar-refractivity contribution is 5.89. The number of hydrogen-bond donors (Lipinski definition) is 6. The van der Waals surface area contributed by atoms with Gasteiger partial charge in [0.2, 0.25) is 0 Å². The molecule has 2 aromatic carbocycles. The monoisotopic (exact) mass is 1010 g/mol. The highest BCUT2D eigenvalue weighted by Gasteiger charge is 2.54. The molecule has 4 aliphatic rings. The third-order valence-corrected chi connectivity index (χ3v) is 14.6. The number of aromatic nitrogens is 4. The van der Waals surface area contributed by atoms with E-state index >= 15 is 0 Å². The number of ether oxygens (including phenoxy) is 6. The van der Waals surface area contributed by atoms with Crippen molar-refractivity contribution < 1.29 is 78.4 Å². The number of nitro groups is 1. The topological polar surface area (TPSA) is 307 Å². The van der Waals surface area contributed by atoms with E-state index in [1.54, 1.807) is 54.3 Å². The fourth-order valence-electron chi connectivity index (χ4n) is 10.6. The van der Waals surface area contributed by atoms with Crippen molar-refractivity contribution in [3.8, 4) is 0 Å².